The van der Waals surface area contributed by atoms with E-state index in [0.717, 1.165) is 29.7 Å². The molecule has 6 heteroatoms. The number of rotatable bonds is 4. The standard InChI is InChI=1S/C16H22BrN3O2/c1-16(2,3)22-15(21)12-8-20(9-12)7-11-5-4-10(14(18)19)6-13(11)17/h4-6,12H,7-9H2,1-3H3,(H3,18,19). The van der Waals surface area contributed by atoms with Crippen LogP contribution in [0.4, 0.5) is 0 Å². The van der Waals surface area contributed by atoms with Crippen molar-refractivity contribution in [2.45, 2.75) is 32.9 Å². The molecule has 0 bridgehead atoms. The van der Waals surface area contributed by atoms with E-state index in [2.05, 4.69) is 20.8 Å². The summed E-state index contributed by atoms with van der Waals surface area (Å²) in [6.45, 7) is 7.85. The lowest BCUT2D eigenvalue weighted by atomic mass is 9.98. The maximum absolute atomic E-state index is 11.9. The molecule has 1 heterocycles. The first kappa shape index (κ1) is 17.0. The smallest absolute Gasteiger partial charge is 0.312 e. The fraction of sp³-hybridized carbons (Fsp3) is 0.500. The highest BCUT2D eigenvalue weighted by Gasteiger charge is 2.35. The average Bonchev–Trinajstić information content (AvgIpc) is 2.31. The number of nitrogens with zero attached hydrogens (tertiary/aromatic N) is 1. The van der Waals surface area contributed by atoms with Crippen molar-refractivity contribution in [1.82, 2.24) is 4.90 Å². The molecule has 5 nitrogen and oxygen atoms in total. The van der Waals surface area contributed by atoms with Crippen molar-refractivity contribution in [3.63, 3.8) is 0 Å². The van der Waals surface area contributed by atoms with Crippen molar-refractivity contribution in [2.24, 2.45) is 11.7 Å². The summed E-state index contributed by atoms with van der Waals surface area (Å²) in [6, 6.07) is 5.65. The molecule has 1 aliphatic heterocycles. The Morgan fingerprint density at radius 1 is 1.45 bits per heavy atom. The van der Waals surface area contributed by atoms with E-state index in [1.807, 2.05) is 39.0 Å². The number of nitrogen functional groups attached to an aromatic ring is 1. The van der Waals surface area contributed by atoms with Crippen LogP contribution in [0.15, 0.2) is 22.7 Å². The van der Waals surface area contributed by atoms with Crippen LogP contribution in [0, 0.1) is 11.3 Å². The molecule has 0 unspecified atom stereocenters. The summed E-state index contributed by atoms with van der Waals surface area (Å²) in [6.07, 6.45) is 0. The Morgan fingerprint density at radius 3 is 2.59 bits per heavy atom. The monoisotopic (exact) mass is 367 g/mol. The quantitative estimate of drug-likeness (QED) is 0.486. The van der Waals surface area contributed by atoms with Gasteiger partial charge in [0.05, 0.1) is 5.92 Å². The fourth-order valence-electron chi connectivity index (χ4n) is 2.32. The summed E-state index contributed by atoms with van der Waals surface area (Å²) in [4.78, 5) is 14.1. The third-order valence-corrected chi connectivity index (χ3v) is 4.19. The van der Waals surface area contributed by atoms with E-state index in [9.17, 15) is 4.79 Å². The van der Waals surface area contributed by atoms with E-state index in [1.54, 1.807) is 0 Å². The molecule has 0 aliphatic carbocycles. The Balaban J connectivity index is 1.88. The zero-order valence-corrected chi connectivity index (χ0v) is 14.7. The van der Waals surface area contributed by atoms with Crippen LogP contribution < -0.4 is 5.73 Å². The number of hydrogen-bond donors (Lipinski definition) is 2. The largest absolute Gasteiger partial charge is 0.460 e. The summed E-state index contributed by atoms with van der Waals surface area (Å²) >= 11 is 3.51. The minimum absolute atomic E-state index is 0.0329. The molecule has 0 amide bonds. The predicted octanol–water partition coefficient (Wildman–Crippen LogP) is 2.51. The molecule has 1 fully saturated rings. The molecule has 120 valence electrons. The second-order valence-corrected chi connectivity index (χ2v) is 7.50. The first-order valence-electron chi connectivity index (χ1n) is 7.24. The molecule has 1 saturated heterocycles. The third-order valence-electron chi connectivity index (χ3n) is 3.46. The Kier molecular flexibility index (Phi) is 4.92. The summed E-state index contributed by atoms with van der Waals surface area (Å²) in [5.74, 6) is -0.0922. The number of nitrogens with two attached hydrogens (primary N) is 1. The number of halogens is 1. The second kappa shape index (κ2) is 6.38. The topological polar surface area (TPSA) is 79.4 Å². The first-order valence-corrected chi connectivity index (χ1v) is 8.03. The SMILES string of the molecule is CC(C)(C)OC(=O)C1CN(Cc2ccc(C(=N)N)cc2Br)C1. The molecule has 2 rings (SSSR count). The Hall–Kier alpha value is -1.40. The van der Waals surface area contributed by atoms with Gasteiger partial charge in [0.2, 0.25) is 0 Å². The van der Waals surface area contributed by atoms with Crippen molar-refractivity contribution < 1.29 is 9.53 Å². The van der Waals surface area contributed by atoms with Gasteiger partial charge in [-0.2, -0.15) is 0 Å². The van der Waals surface area contributed by atoms with Crippen molar-refractivity contribution in [1.29, 1.82) is 5.41 Å². The normalized spacial score (nSPS) is 16.2. The van der Waals surface area contributed by atoms with Crippen LogP contribution in [0.25, 0.3) is 0 Å². The van der Waals surface area contributed by atoms with Crippen LogP contribution in [0.1, 0.15) is 31.9 Å². The number of ether oxygens (including phenoxy) is 1. The van der Waals surface area contributed by atoms with E-state index in [0.29, 0.717) is 5.56 Å². The maximum atomic E-state index is 11.9. The number of likely N-dealkylation sites (tertiary alicyclic amines) is 1. The summed E-state index contributed by atoms with van der Waals surface area (Å²) < 4.78 is 6.33. The van der Waals surface area contributed by atoms with Crippen molar-refractivity contribution in [3.05, 3.63) is 33.8 Å². The minimum Gasteiger partial charge on any atom is -0.460 e. The number of carbonyl (C=O) groups excluding carboxylic acids is 1. The van der Waals surface area contributed by atoms with Gasteiger partial charge < -0.3 is 10.5 Å². The van der Waals surface area contributed by atoms with Gasteiger partial charge in [0, 0.05) is 29.7 Å². The number of benzene rings is 1. The summed E-state index contributed by atoms with van der Waals surface area (Å²) in [5, 5.41) is 7.43. The maximum Gasteiger partial charge on any atom is 0.312 e. The molecule has 1 aromatic carbocycles. The molecule has 0 spiro atoms. The lowest BCUT2D eigenvalue weighted by Crippen LogP contribution is -2.51. The number of nitrogens with one attached hydrogen (secondary N) is 1. The summed E-state index contributed by atoms with van der Waals surface area (Å²) in [5.41, 5.74) is 6.86. The van der Waals surface area contributed by atoms with Gasteiger partial charge in [0.15, 0.2) is 0 Å². The third kappa shape index (κ3) is 4.30. The van der Waals surface area contributed by atoms with Gasteiger partial charge >= 0.3 is 5.97 Å². The number of hydrogen-bond acceptors (Lipinski definition) is 4. The Morgan fingerprint density at radius 2 is 2.09 bits per heavy atom. The van der Waals surface area contributed by atoms with Crippen LogP contribution in [0.5, 0.6) is 0 Å². The highest BCUT2D eigenvalue weighted by Crippen LogP contribution is 2.26. The lowest BCUT2D eigenvalue weighted by molar-refractivity contribution is -0.166. The second-order valence-electron chi connectivity index (χ2n) is 6.64. The first-order chi connectivity index (χ1) is 10.2. The van der Waals surface area contributed by atoms with E-state index < -0.39 is 5.60 Å². The van der Waals surface area contributed by atoms with Gasteiger partial charge in [0.1, 0.15) is 11.4 Å². The van der Waals surface area contributed by atoms with Crippen molar-refractivity contribution >= 4 is 27.7 Å². The lowest BCUT2D eigenvalue weighted by Gasteiger charge is -2.39. The summed E-state index contributed by atoms with van der Waals surface area (Å²) in [7, 11) is 0. The van der Waals surface area contributed by atoms with Gasteiger partial charge in [-0.1, -0.05) is 28.1 Å². The average molecular weight is 368 g/mol. The van der Waals surface area contributed by atoms with Crippen LogP contribution in [0.2, 0.25) is 0 Å². The zero-order valence-electron chi connectivity index (χ0n) is 13.1. The highest BCUT2D eigenvalue weighted by atomic mass is 79.9. The molecule has 0 atom stereocenters. The predicted molar refractivity (Wildman–Crippen MR) is 89.8 cm³/mol. The van der Waals surface area contributed by atoms with Gasteiger partial charge in [-0.05, 0) is 32.4 Å². The van der Waals surface area contributed by atoms with Crippen LogP contribution in [0.3, 0.4) is 0 Å². The van der Waals surface area contributed by atoms with E-state index in [-0.39, 0.29) is 17.7 Å². The van der Waals surface area contributed by atoms with Gasteiger partial charge in [-0.25, -0.2) is 0 Å². The zero-order chi connectivity index (χ0) is 16.5. The van der Waals surface area contributed by atoms with Crippen LogP contribution in [-0.4, -0.2) is 35.4 Å². The molecule has 3 N–H and O–H groups in total. The van der Waals surface area contributed by atoms with Crippen LogP contribution in [-0.2, 0) is 16.1 Å². The Labute approximate surface area is 139 Å². The highest BCUT2D eigenvalue weighted by molar-refractivity contribution is 9.10. The number of amidine groups is 1. The van der Waals surface area contributed by atoms with Gasteiger partial charge in [0.25, 0.3) is 0 Å². The molecule has 0 saturated carbocycles. The molecule has 0 radical (unpaired) electrons. The van der Waals surface area contributed by atoms with E-state index >= 15 is 0 Å². The van der Waals surface area contributed by atoms with Gasteiger partial charge in [-0.3, -0.25) is 15.1 Å². The fourth-order valence-corrected chi connectivity index (χ4v) is 2.82. The van der Waals surface area contributed by atoms with E-state index in [1.165, 1.54) is 0 Å². The Bertz CT molecular complexity index is 590. The minimum atomic E-state index is -0.428. The van der Waals surface area contributed by atoms with Gasteiger partial charge in [-0.15, -0.1) is 0 Å². The van der Waals surface area contributed by atoms with Crippen molar-refractivity contribution in [2.75, 3.05) is 13.1 Å². The molecule has 1 aliphatic rings. The molecule has 1 aromatic rings. The molecular formula is C16H22BrN3O2. The van der Waals surface area contributed by atoms with Crippen molar-refractivity contribution in [3.8, 4) is 0 Å². The van der Waals surface area contributed by atoms with Crippen LogP contribution >= 0.6 is 15.9 Å². The number of esters is 1. The number of carbonyl (C=O) groups is 1. The molecular weight excluding hydrogens is 346 g/mol. The van der Waals surface area contributed by atoms with E-state index in [4.69, 9.17) is 15.9 Å². The molecule has 22 heavy (non-hydrogen) atoms. The molecule has 0 aromatic heterocycles.